The summed E-state index contributed by atoms with van der Waals surface area (Å²) in [5.74, 6) is -0.359. The van der Waals surface area contributed by atoms with Crippen LogP contribution in [0.3, 0.4) is 0 Å². The van der Waals surface area contributed by atoms with E-state index in [1.54, 1.807) is 13.0 Å². The van der Waals surface area contributed by atoms with Crippen LogP contribution in [0.5, 0.6) is 0 Å². The molecule has 3 nitrogen and oxygen atoms in total. The zero-order valence-electron chi connectivity index (χ0n) is 9.65. The van der Waals surface area contributed by atoms with Crippen LogP contribution in [0, 0.1) is 5.82 Å². The summed E-state index contributed by atoms with van der Waals surface area (Å²) in [6.07, 6.45) is 1.46. The van der Waals surface area contributed by atoms with E-state index in [4.69, 9.17) is 5.73 Å². The first kappa shape index (κ1) is 14.6. The first-order chi connectivity index (χ1) is 7.71. The van der Waals surface area contributed by atoms with Gasteiger partial charge in [-0.1, -0.05) is 15.9 Å². The summed E-state index contributed by atoms with van der Waals surface area (Å²) in [5, 5.41) is -0.655. The van der Waals surface area contributed by atoms with Crippen molar-refractivity contribution in [3.63, 3.8) is 0 Å². The molecule has 17 heavy (non-hydrogen) atoms. The Balaban J connectivity index is 2.88. The van der Waals surface area contributed by atoms with E-state index in [0.29, 0.717) is 12.0 Å². The maximum atomic E-state index is 13.1. The van der Waals surface area contributed by atoms with Crippen molar-refractivity contribution in [1.82, 2.24) is 0 Å². The highest BCUT2D eigenvalue weighted by molar-refractivity contribution is 9.10. The van der Waals surface area contributed by atoms with Gasteiger partial charge in [-0.25, -0.2) is 12.8 Å². The Labute approximate surface area is 109 Å². The van der Waals surface area contributed by atoms with E-state index < -0.39 is 21.1 Å². The largest absolute Gasteiger partial charge is 0.326 e. The third kappa shape index (κ3) is 4.04. The van der Waals surface area contributed by atoms with E-state index in [0.717, 1.165) is 10.7 Å². The summed E-state index contributed by atoms with van der Waals surface area (Å²) in [6.45, 7) is 1.56. The fourth-order valence-electron chi connectivity index (χ4n) is 1.44. The minimum atomic E-state index is -3.18. The second-order valence-corrected chi connectivity index (χ2v) is 7.40. The van der Waals surface area contributed by atoms with Crippen LogP contribution in [0.1, 0.15) is 12.5 Å². The van der Waals surface area contributed by atoms with Crippen molar-refractivity contribution in [1.29, 1.82) is 0 Å². The number of hydrogen-bond acceptors (Lipinski definition) is 3. The topological polar surface area (TPSA) is 60.2 Å². The highest BCUT2D eigenvalue weighted by atomic mass is 79.9. The van der Waals surface area contributed by atoms with Crippen molar-refractivity contribution in [3.8, 4) is 0 Å². The SMILES string of the molecule is CC(C(N)Cc1cc(F)ccc1Br)S(C)(=O)=O. The molecule has 96 valence electrons. The van der Waals surface area contributed by atoms with Crippen molar-refractivity contribution >= 4 is 25.8 Å². The molecule has 2 N–H and O–H groups in total. The predicted molar refractivity (Wildman–Crippen MR) is 70.1 cm³/mol. The van der Waals surface area contributed by atoms with Crippen LogP contribution in [-0.2, 0) is 16.3 Å². The van der Waals surface area contributed by atoms with Gasteiger partial charge in [0.15, 0.2) is 9.84 Å². The number of rotatable bonds is 4. The van der Waals surface area contributed by atoms with E-state index in [2.05, 4.69) is 15.9 Å². The molecule has 0 aliphatic heterocycles. The van der Waals surface area contributed by atoms with Gasteiger partial charge in [0, 0.05) is 16.8 Å². The summed E-state index contributed by atoms with van der Waals surface area (Å²) >= 11 is 3.29. The normalized spacial score (nSPS) is 15.6. The van der Waals surface area contributed by atoms with Crippen LogP contribution in [0.15, 0.2) is 22.7 Å². The lowest BCUT2D eigenvalue weighted by Gasteiger charge is -2.18. The fourth-order valence-corrected chi connectivity index (χ4v) is 2.58. The molecular formula is C11H15BrFNO2S. The highest BCUT2D eigenvalue weighted by Crippen LogP contribution is 2.20. The van der Waals surface area contributed by atoms with Crippen LogP contribution in [0.2, 0.25) is 0 Å². The summed E-state index contributed by atoms with van der Waals surface area (Å²) < 4.78 is 36.5. The average molecular weight is 324 g/mol. The molecule has 1 rings (SSSR count). The summed E-state index contributed by atoms with van der Waals surface area (Å²) in [7, 11) is -3.18. The van der Waals surface area contributed by atoms with Crippen molar-refractivity contribution in [2.24, 2.45) is 5.73 Å². The fraction of sp³-hybridized carbons (Fsp3) is 0.455. The molecule has 2 unspecified atom stereocenters. The molecule has 0 aliphatic carbocycles. The Hall–Kier alpha value is -0.460. The zero-order valence-corrected chi connectivity index (χ0v) is 12.1. The molecule has 0 amide bonds. The first-order valence-electron chi connectivity index (χ1n) is 5.10. The number of hydrogen-bond donors (Lipinski definition) is 1. The maximum Gasteiger partial charge on any atom is 0.151 e. The van der Waals surface area contributed by atoms with Gasteiger partial charge < -0.3 is 5.73 Å². The smallest absolute Gasteiger partial charge is 0.151 e. The molecule has 1 aromatic rings. The monoisotopic (exact) mass is 323 g/mol. The Morgan fingerprint density at radius 3 is 2.59 bits per heavy atom. The third-order valence-corrected chi connectivity index (χ3v) is 5.22. The van der Waals surface area contributed by atoms with Crippen molar-refractivity contribution in [2.45, 2.75) is 24.6 Å². The average Bonchev–Trinajstić information content (AvgIpc) is 2.21. The Morgan fingerprint density at radius 1 is 1.47 bits per heavy atom. The highest BCUT2D eigenvalue weighted by Gasteiger charge is 2.23. The number of sulfone groups is 1. The summed E-state index contributed by atoms with van der Waals surface area (Å²) in [4.78, 5) is 0. The van der Waals surface area contributed by atoms with Crippen molar-refractivity contribution < 1.29 is 12.8 Å². The second kappa shape index (κ2) is 5.46. The van der Waals surface area contributed by atoms with Crippen LogP contribution < -0.4 is 5.73 Å². The molecule has 0 saturated heterocycles. The number of nitrogens with two attached hydrogens (primary N) is 1. The lowest BCUT2D eigenvalue weighted by molar-refractivity contribution is 0.560. The standard InChI is InChI=1S/C11H15BrFNO2S/c1-7(17(2,15)16)11(14)6-8-5-9(13)3-4-10(8)12/h3-5,7,11H,6,14H2,1-2H3. The lowest BCUT2D eigenvalue weighted by atomic mass is 10.0. The van der Waals surface area contributed by atoms with Crippen molar-refractivity contribution in [2.75, 3.05) is 6.26 Å². The Kier molecular flexibility index (Phi) is 4.69. The first-order valence-corrected chi connectivity index (χ1v) is 7.85. The molecule has 0 aliphatic rings. The molecule has 0 heterocycles. The minimum absolute atomic E-state index is 0.312. The van der Waals surface area contributed by atoms with Crippen LogP contribution in [-0.4, -0.2) is 26.0 Å². The maximum absolute atomic E-state index is 13.1. The quantitative estimate of drug-likeness (QED) is 0.920. The Morgan fingerprint density at radius 2 is 2.06 bits per heavy atom. The molecule has 1 aromatic carbocycles. The molecule has 0 saturated carbocycles. The molecule has 2 atom stereocenters. The second-order valence-electron chi connectivity index (χ2n) is 4.14. The van der Waals surface area contributed by atoms with Gasteiger partial charge in [0.2, 0.25) is 0 Å². The Bertz CT molecular complexity index is 504. The van der Waals surface area contributed by atoms with Gasteiger partial charge in [0.25, 0.3) is 0 Å². The zero-order chi connectivity index (χ0) is 13.2. The van der Waals surface area contributed by atoms with E-state index >= 15 is 0 Å². The molecule has 0 aromatic heterocycles. The van der Waals surface area contributed by atoms with Gasteiger partial charge in [-0.3, -0.25) is 0 Å². The van der Waals surface area contributed by atoms with E-state index in [9.17, 15) is 12.8 Å². The molecule has 0 spiro atoms. The van der Waals surface area contributed by atoms with Crippen molar-refractivity contribution in [3.05, 3.63) is 34.1 Å². The van der Waals surface area contributed by atoms with Gasteiger partial charge in [-0.15, -0.1) is 0 Å². The van der Waals surface area contributed by atoms with Gasteiger partial charge in [0.1, 0.15) is 5.82 Å². The number of halogens is 2. The van der Waals surface area contributed by atoms with Crippen LogP contribution in [0.25, 0.3) is 0 Å². The van der Waals surface area contributed by atoms with Gasteiger partial charge in [0.05, 0.1) is 5.25 Å². The summed E-state index contributed by atoms with van der Waals surface area (Å²) in [5.41, 5.74) is 6.51. The summed E-state index contributed by atoms with van der Waals surface area (Å²) in [6, 6.07) is 3.73. The lowest BCUT2D eigenvalue weighted by Crippen LogP contribution is -2.39. The van der Waals surface area contributed by atoms with Gasteiger partial charge in [-0.2, -0.15) is 0 Å². The molecule has 6 heteroatoms. The molecule has 0 fully saturated rings. The number of benzene rings is 1. The third-order valence-electron chi connectivity index (χ3n) is 2.74. The molecular weight excluding hydrogens is 309 g/mol. The van der Waals surface area contributed by atoms with E-state index in [1.165, 1.54) is 12.1 Å². The van der Waals surface area contributed by atoms with Gasteiger partial charge in [-0.05, 0) is 37.1 Å². The van der Waals surface area contributed by atoms with E-state index in [-0.39, 0.29) is 5.82 Å². The van der Waals surface area contributed by atoms with E-state index in [1.807, 2.05) is 0 Å². The van der Waals surface area contributed by atoms with Gasteiger partial charge >= 0.3 is 0 Å². The predicted octanol–water partition coefficient (Wildman–Crippen LogP) is 1.89. The van der Waals surface area contributed by atoms with Crippen LogP contribution in [0.4, 0.5) is 4.39 Å². The molecule has 0 radical (unpaired) electrons. The van der Waals surface area contributed by atoms with Crippen LogP contribution >= 0.6 is 15.9 Å². The minimum Gasteiger partial charge on any atom is -0.326 e. The molecule has 0 bridgehead atoms.